The molecule has 7 nitrogen and oxygen atoms in total. The number of hydrogen-bond acceptors (Lipinski definition) is 6. The number of rotatable bonds is 3. The molecule has 0 radical (unpaired) electrons. The molecule has 3 fully saturated rings. The highest BCUT2D eigenvalue weighted by Gasteiger charge is 2.41. The lowest BCUT2D eigenvalue weighted by Crippen LogP contribution is -2.58. The van der Waals surface area contributed by atoms with Crippen molar-refractivity contribution in [3.05, 3.63) is 0 Å². The standard InChI is InChI=1S/C16H27N3O4/c1-22-15(21)12-19-8-7-18(11-14(19)20)13-2-9-23-16(10-13)3-5-17-6-4-16/h13,17H,2-12H2,1H3. The number of methoxy groups -OCH3 is 1. The quantitative estimate of drug-likeness (QED) is 0.713. The number of hydrogen-bond donors (Lipinski definition) is 1. The summed E-state index contributed by atoms with van der Waals surface area (Å²) in [6.07, 6.45) is 4.11. The second-order valence-electron chi connectivity index (χ2n) is 6.79. The summed E-state index contributed by atoms with van der Waals surface area (Å²) in [4.78, 5) is 27.5. The summed E-state index contributed by atoms with van der Waals surface area (Å²) >= 11 is 0. The van der Waals surface area contributed by atoms with Gasteiger partial charge < -0.3 is 19.7 Å². The van der Waals surface area contributed by atoms with Crippen molar-refractivity contribution in [2.24, 2.45) is 0 Å². The molecule has 3 aliphatic rings. The fraction of sp³-hybridized carbons (Fsp3) is 0.875. The molecule has 3 saturated heterocycles. The number of piperidine rings is 1. The number of piperazine rings is 1. The third kappa shape index (κ3) is 3.84. The van der Waals surface area contributed by atoms with E-state index in [1.54, 1.807) is 4.90 Å². The molecule has 0 saturated carbocycles. The van der Waals surface area contributed by atoms with Crippen LogP contribution in [0.4, 0.5) is 0 Å². The summed E-state index contributed by atoms with van der Waals surface area (Å²) < 4.78 is 10.8. The van der Waals surface area contributed by atoms with Crippen molar-refractivity contribution in [2.75, 3.05) is 53.0 Å². The van der Waals surface area contributed by atoms with Crippen LogP contribution in [0.15, 0.2) is 0 Å². The Balaban J connectivity index is 1.56. The Morgan fingerprint density at radius 3 is 2.87 bits per heavy atom. The normalized spacial score (nSPS) is 28.8. The molecule has 1 unspecified atom stereocenters. The number of ether oxygens (including phenoxy) is 2. The van der Waals surface area contributed by atoms with E-state index in [0.717, 1.165) is 51.9 Å². The van der Waals surface area contributed by atoms with Crippen molar-refractivity contribution in [3.63, 3.8) is 0 Å². The summed E-state index contributed by atoms with van der Waals surface area (Å²) in [5.74, 6) is -0.334. The van der Waals surface area contributed by atoms with Crippen LogP contribution in [-0.4, -0.2) is 86.3 Å². The average Bonchev–Trinajstić information content (AvgIpc) is 2.57. The van der Waals surface area contributed by atoms with Crippen LogP contribution in [-0.2, 0) is 19.1 Å². The number of amides is 1. The maximum Gasteiger partial charge on any atom is 0.325 e. The first-order valence-electron chi connectivity index (χ1n) is 8.55. The van der Waals surface area contributed by atoms with Crippen LogP contribution in [0.5, 0.6) is 0 Å². The fourth-order valence-electron chi connectivity index (χ4n) is 3.97. The highest BCUT2D eigenvalue weighted by molar-refractivity contribution is 5.83. The lowest BCUT2D eigenvalue weighted by Gasteiger charge is -2.48. The number of carbonyl (C=O) groups excluding carboxylic acids is 2. The van der Waals surface area contributed by atoms with E-state index < -0.39 is 0 Å². The topological polar surface area (TPSA) is 71.1 Å². The number of esters is 1. The van der Waals surface area contributed by atoms with Gasteiger partial charge in [-0.3, -0.25) is 14.5 Å². The maximum atomic E-state index is 12.3. The van der Waals surface area contributed by atoms with E-state index in [2.05, 4.69) is 15.0 Å². The van der Waals surface area contributed by atoms with Crippen molar-refractivity contribution in [3.8, 4) is 0 Å². The molecule has 7 heteroatoms. The molecule has 23 heavy (non-hydrogen) atoms. The molecular formula is C16H27N3O4. The van der Waals surface area contributed by atoms with Crippen LogP contribution >= 0.6 is 0 Å². The molecule has 130 valence electrons. The number of nitrogens with zero attached hydrogens (tertiary/aromatic N) is 2. The minimum atomic E-state index is -0.355. The van der Waals surface area contributed by atoms with Crippen LogP contribution in [0, 0.1) is 0 Å². The zero-order valence-electron chi connectivity index (χ0n) is 13.9. The van der Waals surface area contributed by atoms with E-state index in [1.165, 1.54) is 7.11 Å². The molecule has 1 N–H and O–H groups in total. The molecule has 0 bridgehead atoms. The van der Waals surface area contributed by atoms with Crippen LogP contribution in [0.25, 0.3) is 0 Å². The number of nitrogens with one attached hydrogen (secondary N) is 1. The van der Waals surface area contributed by atoms with Gasteiger partial charge in [0.15, 0.2) is 0 Å². The smallest absolute Gasteiger partial charge is 0.325 e. The van der Waals surface area contributed by atoms with E-state index in [1.807, 2.05) is 0 Å². The van der Waals surface area contributed by atoms with Crippen molar-refractivity contribution in [2.45, 2.75) is 37.3 Å². The first kappa shape index (κ1) is 16.7. The van der Waals surface area contributed by atoms with Gasteiger partial charge in [0, 0.05) is 25.7 Å². The lowest BCUT2D eigenvalue weighted by atomic mass is 9.82. The Bertz CT molecular complexity index is 445. The van der Waals surface area contributed by atoms with E-state index in [4.69, 9.17) is 4.74 Å². The van der Waals surface area contributed by atoms with Gasteiger partial charge in [0.05, 0.1) is 19.3 Å². The first-order valence-corrected chi connectivity index (χ1v) is 8.55. The van der Waals surface area contributed by atoms with Crippen LogP contribution in [0.2, 0.25) is 0 Å². The molecule has 3 heterocycles. The van der Waals surface area contributed by atoms with Crippen molar-refractivity contribution < 1.29 is 19.1 Å². The predicted molar refractivity (Wildman–Crippen MR) is 84.0 cm³/mol. The lowest BCUT2D eigenvalue weighted by molar-refractivity contribution is -0.153. The van der Waals surface area contributed by atoms with Gasteiger partial charge in [-0.25, -0.2) is 0 Å². The molecule has 0 aromatic rings. The second-order valence-corrected chi connectivity index (χ2v) is 6.79. The van der Waals surface area contributed by atoms with E-state index in [-0.39, 0.29) is 24.0 Å². The summed E-state index contributed by atoms with van der Waals surface area (Å²) in [5, 5.41) is 3.39. The second kappa shape index (κ2) is 7.15. The van der Waals surface area contributed by atoms with Crippen molar-refractivity contribution >= 4 is 11.9 Å². The molecule has 1 atom stereocenters. The molecular weight excluding hydrogens is 298 g/mol. The largest absolute Gasteiger partial charge is 0.468 e. The fourth-order valence-corrected chi connectivity index (χ4v) is 3.97. The first-order chi connectivity index (χ1) is 11.1. The maximum absolute atomic E-state index is 12.3. The zero-order valence-corrected chi connectivity index (χ0v) is 13.9. The third-order valence-electron chi connectivity index (χ3n) is 5.39. The Hall–Kier alpha value is -1.18. The number of carbonyl (C=O) groups is 2. The molecule has 0 aromatic carbocycles. The van der Waals surface area contributed by atoms with Crippen molar-refractivity contribution in [1.82, 2.24) is 15.1 Å². The Kier molecular flexibility index (Phi) is 5.18. The van der Waals surface area contributed by atoms with Gasteiger partial charge in [0.2, 0.25) is 5.91 Å². The summed E-state index contributed by atoms with van der Waals surface area (Å²) in [7, 11) is 1.35. The summed E-state index contributed by atoms with van der Waals surface area (Å²) in [5.41, 5.74) is 0.000362. The van der Waals surface area contributed by atoms with Gasteiger partial charge >= 0.3 is 5.97 Å². The summed E-state index contributed by atoms with van der Waals surface area (Å²) in [6, 6.07) is 0.408. The molecule has 3 rings (SSSR count). The van der Waals surface area contributed by atoms with Crippen LogP contribution < -0.4 is 5.32 Å². The highest BCUT2D eigenvalue weighted by atomic mass is 16.5. The van der Waals surface area contributed by atoms with Gasteiger partial charge in [0.25, 0.3) is 0 Å². The minimum Gasteiger partial charge on any atom is -0.468 e. The average molecular weight is 325 g/mol. The summed E-state index contributed by atoms with van der Waals surface area (Å²) in [6.45, 7) is 4.68. The van der Waals surface area contributed by atoms with Gasteiger partial charge in [-0.1, -0.05) is 0 Å². The van der Waals surface area contributed by atoms with Gasteiger partial charge in [-0.2, -0.15) is 0 Å². The predicted octanol–water partition coefficient (Wildman–Crippen LogP) is -0.395. The zero-order chi connectivity index (χ0) is 16.3. The molecule has 0 aromatic heterocycles. The van der Waals surface area contributed by atoms with Crippen molar-refractivity contribution in [1.29, 1.82) is 0 Å². The van der Waals surface area contributed by atoms with Crippen LogP contribution in [0.1, 0.15) is 25.7 Å². The van der Waals surface area contributed by atoms with Gasteiger partial charge in [-0.05, 0) is 38.8 Å². The van der Waals surface area contributed by atoms with Gasteiger partial charge in [-0.15, -0.1) is 0 Å². The van der Waals surface area contributed by atoms with E-state index >= 15 is 0 Å². The van der Waals surface area contributed by atoms with Gasteiger partial charge in [0.1, 0.15) is 6.54 Å². The van der Waals surface area contributed by atoms with E-state index in [9.17, 15) is 9.59 Å². The SMILES string of the molecule is COC(=O)CN1CCN(C2CCOC3(CCNCC3)C2)CC1=O. The molecule has 1 spiro atoms. The molecule has 0 aliphatic carbocycles. The Morgan fingerprint density at radius 2 is 2.17 bits per heavy atom. The Morgan fingerprint density at radius 1 is 1.39 bits per heavy atom. The highest BCUT2D eigenvalue weighted by Crippen LogP contribution is 2.35. The van der Waals surface area contributed by atoms with Crippen LogP contribution in [0.3, 0.4) is 0 Å². The minimum absolute atomic E-state index is 0.000362. The van der Waals surface area contributed by atoms with E-state index in [0.29, 0.717) is 19.1 Å². The molecule has 1 amide bonds. The third-order valence-corrected chi connectivity index (χ3v) is 5.39. The molecule has 3 aliphatic heterocycles. The Labute approximate surface area is 137 Å². The monoisotopic (exact) mass is 325 g/mol.